The summed E-state index contributed by atoms with van der Waals surface area (Å²) in [6.45, 7) is 6.39. The van der Waals surface area contributed by atoms with Gasteiger partial charge in [-0.2, -0.15) is 0 Å². The van der Waals surface area contributed by atoms with Crippen molar-refractivity contribution in [2.45, 2.75) is 46.2 Å². The van der Waals surface area contributed by atoms with Crippen molar-refractivity contribution >= 4 is 27.5 Å². The molecule has 2 rings (SSSR count). The lowest BCUT2D eigenvalue weighted by molar-refractivity contribution is -0.140. The number of ether oxygens (including phenoxy) is 1. The zero-order chi connectivity index (χ0) is 25.3. The van der Waals surface area contributed by atoms with Crippen LogP contribution in [0.25, 0.3) is 0 Å². The molecule has 9 heteroatoms. The number of hydrogen-bond donors (Lipinski definition) is 1. The summed E-state index contributed by atoms with van der Waals surface area (Å²) in [5.74, 6) is -0.00680. The lowest BCUT2D eigenvalue weighted by Crippen LogP contribution is -2.47. The first-order valence-electron chi connectivity index (χ1n) is 11.3. The molecule has 0 saturated carbocycles. The molecular weight excluding hydrogens is 454 g/mol. The Morgan fingerprint density at radius 2 is 1.74 bits per heavy atom. The van der Waals surface area contributed by atoms with Crippen molar-refractivity contribution in [2.24, 2.45) is 0 Å². The summed E-state index contributed by atoms with van der Waals surface area (Å²) in [6.07, 6.45) is 1.51. The van der Waals surface area contributed by atoms with Crippen LogP contribution in [0.15, 0.2) is 48.5 Å². The van der Waals surface area contributed by atoms with Crippen LogP contribution in [0.1, 0.15) is 37.8 Å². The van der Waals surface area contributed by atoms with Gasteiger partial charge in [0.05, 0.1) is 19.1 Å². The van der Waals surface area contributed by atoms with E-state index in [1.165, 1.54) is 11.4 Å². The minimum Gasteiger partial charge on any atom is -0.495 e. The maximum Gasteiger partial charge on any atom is 0.242 e. The molecule has 0 fully saturated rings. The van der Waals surface area contributed by atoms with Gasteiger partial charge in [0.15, 0.2) is 0 Å². The number of carbonyl (C=O) groups is 2. The molecule has 1 N–H and O–H groups in total. The molecule has 1 atom stereocenters. The number of rotatable bonds is 12. The van der Waals surface area contributed by atoms with Gasteiger partial charge in [0, 0.05) is 26.1 Å². The number of amides is 2. The molecular formula is C25H35N3O5S. The van der Waals surface area contributed by atoms with E-state index in [-0.39, 0.29) is 31.2 Å². The van der Waals surface area contributed by atoms with Crippen LogP contribution < -0.4 is 14.4 Å². The molecule has 0 saturated heterocycles. The Morgan fingerprint density at radius 1 is 1.09 bits per heavy atom. The SMILES string of the molecule is CCNC(=O)[C@H](C)N(Cc1ccc(C)cc1)C(=O)CCCN(c1ccccc1OC)S(C)(=O)=O. The number of methoxy groups -OCH3 is 1. The van der Waals surface area contributed by atoms with Gasteiger partial charge in [-0.1, -0.05) is 42.0 Å². The van der Waals surface area contributed by atoms with Crippen LogP contribution in [0.3, 0.4) is 0 Å². The Bertz CT molecular complexity index is 1070. The molecule has 0 aliphatic rings. The van der Waals surface area contributed by atoms with E-state index >= 15 is 0 Å². The molecule has 0 aliphatic heterocycles. The van der Waals surface area contributed by atoms with E-state index < -0.39 is 16.1 Å². The van der Waals surface area contributed by atoms with Gasteiger partial charge in [-0.15, -0.1) is 0 Å². The number of anilines is 1. The second-order valence-electron chi connectivity index (χ2n) is 8.19. The summed E-state index contributed by atoms with van der Waals surface area (Å²) in [6, 6.07) is 14.0. The predicted molar refractivity (Wildman–Crippen MR) is 134 cm³/mol. The van der Waals surface area contributed by atoms with E-state index in [2.05, 4.69) is 5.32 Å². The van der Waals surface area contributed by atoms with Gasteiger partial charge in [-0.05, 0) is 44.9 Å². The summed E-state index contributed by atoms with van der Waals surface area (Å²) in [7, 11) is -2.11. The highest BCUT2D eigenvalue weighted by Gasteiger charge is 2.26. The summed E-state index contributed by atoms with van der Waals surface area (Å²) in [5, 5.41) is 2.77. The quantitative estimate of drug-likeness (QED) is 0.494. The summed E-state index contributed by atoms with van der Waals surface area (Å²) >= 11 is 0. The third kappa shape index (κ3) is 7.48. The Balaban J connectivity index is 2.17. The van der Waals surface area contributed by atoms with Crippen molar-refractivity contribution in [1.29, 1.82) is 0 Å². The number of carbonyl (C=O) groups excluding carboxylic acids is 2. The van der Waals surface area contributed by atoms with Gasteiger partial charge in [-0.3, -0.25) is 13.9 Å². The Labute approximate surface area is 202 Å². The fourth-order valence-electron chi connectivity index (χ4n) is 3.61. The molecule has 186 valence electrons. The fourth-order valence-corrected chi connectivity index (χ4v) is 4.58. The van der Waals surface area contributed by atoms with Gasteiger partial charge in [-0.25, -0.2) is 8.42 Å². The predicted octanol–water partition coefficient (Wildman–Crippen LogP) is 3.10. The van der Waals surface area contributed by atoms with Crippen molar-refractivity contribution < 1.29 is 22.7 Å². The maximum absolute atomic E-state index is 13.2. The molecule has 2 aromatic rings. The molecule has 0 spiro atoms. The number of benzene rings is 2. The van der Waals surface area contributed by atoms with Crippen molar-refractivity contribution in [3.63, 3.8) is 0 Å². The van der Waals surface area contributed by atoms with Crippen LogP contribution in [-0.4, -0.2) is 57.6 Å². The minimum atomic E-state index is -3.59. The minimum absolute atomic E-state index is 0.0940. The second-order valence-corrected chi connectivity index (χ2v) is 10.1. The normalized spacial score (nSPS) is 12.0. The number of nitrogens with zero attached hydrogens (tertiary/aromatic N) is 2. The van der Waals surface area contributed by atoms with Gasteiger partial charge in [0.25, 0.3) is 0 Å². The van der Waals surface area contributed by atoms with E-state index in [0.29, 0.717) is 24.5 Å². The number of likely N-dealkylation sites (N-methyl/N-ethyl adjacent to an activating group) is 1. The summed E-state index contributed by atoms with van der Waals surface area (Å²) < 4.78 is 31.5. The number of para-hydroxylation sites is 2. The third-order valence-corrected chi connectivity index (χ3v) is 6.68. The van der Waals surface area contributed by atoms with Crippen molar-refractivity contribution in [3.05, 3.63) is 59.7 Å². The molecule has 0 aromatic heterocycles. The van der Waals surface area contributed by atoms with E-state index in [4.69, 9.17) is 4.74 Å². The molecule has 2 amide bonds. The smallest absolute Gasteiger partial charge is 0.242 e. The molecule has 0 unspecified atom stereocenters. The Kier molecular flexibility index (Phi) is 9.92. The van der Waals surface area contributed by atoms with E-state index in [0.717, 1.165) is 17.4 Å². The van der Waals surface area contributed by atoms with E-state index in [1.807, 2.05) is 38.1 Å². The summed E-state index contributed by atoms with van der Waals surface area (Å²) in [4.78, 5) is 27.2. The number of hydrogen-bond acceptors (Lipinski definition) is 5. The molecule has 2 aromatic carbocycles. The van der Waals surface area contributed by atoms with Crippen LogP contribution in [0.2, 0.25) is 0 Å². The molecule has 0 radical (unpaired) electrons. The van der Waals surface area contributed by atoms with Gasteiger partial charge >= 0.3 is 0 Å². The fraction of sp³-hybridized carbons (Fsp3) is 0.440. The number of sulfonamides is 1. The Morgan fingerprint density at radius 3 is 2.32 bits per heavy atom. The van der Waals surface area contributed by atoms with E-state index in [1.54, 1.807) is 36.1 Å². The van der Waals surface area contributed by atoms with Crippen molar-refractivity contribution in [1.82, 2.24) is 10.2 Å². The summed E-state index contributed by atoms with van der Waals surface area (Å²) in [5.41, 5.74) is 2.45. The molecule has 0 aliphatic carbocycles. The standard InChI is InChI=1S/C25H35N3O5S/c1-6-26-25(30)20(3)27(18-21-15-13-19(2)14-16-21)24(29)12-9-17-28(34(5,31)32)22-10-7-8-11-23(22)33-4/h7-8,10-11,13-16,20H,6,9,12,17-18H2,1-5H3,(H,26,30)/t20-/m0/s1. The van der Waals surface area contributed by atoms with Crippen molar-refractivity contribution in [2.75, 3.05) is 30.8 Å². The Hall–Kier alpha value is -3.07. The van der Waals surface area contributed by atoms with Gasteiger partial charge in [0.1, 0.15) is 11.8 Å². The first kappa shape index (κ1) is 27.2. The molecule has 8 nitrogen and oxygen atoms in total. The third-order valence-electron chi connectivity index (χ3n) is 5.50. The monoisotopic (exact) mass is 489 g/mol. The highest BCUT2D eigenvalue weighted by atomic mass is 32.2. The van der Waals surface area contributed by atoms with Crippen LogP contribution in [0.4, 0.5) is 5.69 Å². The van der Waals surface area contributed by atoms with Crippen LogP contribution in [0.5, 0.6) is 5.75 Å². The molecule has 0 bridgehead atoms. The zero-order valence-electron chi connectivity index (χ0n) is 20.6. The first-order chi connectivity index (χ1) is 16.1. The molecule has 34 heavy (non-hydrogen) atoms. The average Bonchev–Trinajstić information content (AvgIpc) is 2.80. The van der Waals surface area contributed by atoms with Gasteiger partial charge in [0.2, 0.25) is 21.8 Å². The first-order valence-corrected chi connectivity index (χ1v) is 13.2. The molecule has 0 heterocycles. The highest BCUT2D eigenvalue weighted by molar-refractivity contribution is 7.92. The maximum atomic E-state index is 13.2. The average molecular weight is 490 g/mol. The van der Waals surface area contributed by atoms with Crippen LogP contribution >= 0.6 is 0 Å². The van der Waals surface area contributed by atoms with Crippen molar-refractivity contribution in [3.8, 4) is 5.75 Å². The van der Waals surface area contributed by atoms with Gasteiger partial charge < -0.3 is 15.0 Å². The second kappa shape index (κ2) is 12.4. The van der Waals surface area contributed by atoms with Crippen LogP contribution in [0, 0.1) is 6.92 Å². The topological polar surface area (TPSA) is 96.0 Å². The largest absolute Gasteiger partial charge is 0.495 e. The highest BCUT2D eigenvalue weighted by Crippen LogP contribution is 2.29. The van der Waals surface area contributed by atoms with E-state index in [9.17, 15) is 18.0 Å². The number of aryl methyl sites for hydroxylation is 1. The van der Waals surface area contributed by atoms with Crippen LogP contribution in [-0.2, 0) is 26.2 Å². The number of nitrogens with one attached hydrogen (secondary N) is 1. The zero-order valence-corrected chi connectivity index (χ0v) is 21.4. The lowest BCUT2D eigenvalue weighted by atomic mass is 10.1. The lowest BCUT2D eigenvalue weighted by Gasteiger charge is -2.29.